The van der Waals surface area contributed by atoms with Crippen molar-refractivity contribution in [3.8, 4) is 5.75 Å². The number of aryl methyl sites for hydroxylation is 1. The van der Waals surface area contributed by atoms with Crippen molar-refractivity contribution in [1.82, 2.24) is 4.98 Å². The minimum Gasteiger partial charge on any atom is -0.494 e. The zero-order chi connectivity index (χ0) is 17.5. The number of aliphatic imine (C=N–C) groups is 1. The predicted molar refractivity (Wildman–Crippen MR) is 86.9 cm³/mol. The largest absolute Gasteiger partial charge is 0.494 e. The lowest BCUT2D eigenvalue weighted by Crippen LogP contribution is -2.27. The first-order chi connectivity index (χ1) is 11.3. The number of fused-ring (bicyclic) bond motifs is 1. The van der Waals surface area contributed by atoms with Crippen LogP contribution in [0.1, 0.15) is 11.3 Å². The molecule has 1 aromatic heterocycles. The smallest absolute Gasteiger partial charge is 0.416 e. The molecule has 0 aliphatic carbocycles. The summed E-state index contributed by atoms with van der Waals surface area (Å²) in [6.45, 7) is 1.94. The summed E-state index contributed by atoms with van der Waals surface area (Å²) in [7, 11) is 1.30. The van der Waals surface area contributed by atoms with Crippen molar-refractivity contribution in [2.24, 2.45) is 4.99 Å². The van der Waals surface area contributed by atoms with E-state index in [0.29, 0.717) is 11.4 Å². The molecule has 2 heterocycles. The number of aromatic nitrogens is 1. The highest BCUT2D eigenvalue weighted by molar-refractivity contribution is 6.66. The van der Waals surface area contributed by atoms with Gasteiger partial charge in [0.25, 0.3) is 0 Å². The summed E-state index contributed by atoms with van der Waals surface area (Å²) in [6, 6.07) is 5.46. The minimum atomic E-state index is -4.50. The van der Waals surface area contributed by atoms with Gasteiger partial charge in [0.15, 0.2) is 0 Å². The van der Waals surface area contributed by atoms with E-state index in [1.54, 1.807) is 30.2 Å². The quantitative estimate of drug-likeness (QED) is 0.773. The number of hydrogen-bond donors (Lipinski definition) is 0. The number of anilines is 2. The van der Waals surface area contributed by atoms with E-state index in [2.05, 4.69) is 9.98 Å². The van der Waals surface area contributed by atoms with E-state index in [1.807, 2.05) is 0 Å². The van der Waals surface area contributed by atoms with Gasteiger partial charge in [0.05, 0.1) is 36.3 Å². The number of methoxy groups -OCH3 is 1. The molecule has 8 heteroatoms. The molecule has 0 spiro atoms. The van der Waals surface area contributed by atoms with Crippen LogP contribution in [0.2, 0.25) is 0 Å². The Balaban J connectivity index is 2.26. The van der Waals surface area contributed by atoms with Gasteiger partial charge in [0, 0.05) is 6.20 Å². The molecular formula is C16H13ClF3N3O. The van der Waals surface area contributed by atoms with Crippen LogP contribution in [0.15, 0.2) is 35.5 Å². The Kier molecular flexibility index (Phi) is 4.13. The fraction of sp³-hybridized carbons (Fsp3) is 0.250. The van der Waals surface area contributed by atoms with Gasteiger partial charge >= 0.3 is 6.18 Å². The molecule has 1 aliphatic heterocycles. The average Bonchev–Trinajstić information content (AvgIpc) is 2.52. The van der Waals surface area contributed by atoms with E-state index < -0.39 is 11.7 Å². The second-order valence-corrected chi connectivity index (χ2v) is 5.66. The summed E-state index contributed by atoms with van der Waals surface area (Å²) in [5, 5.41) is 0.254. The van der Waals surface area contributed by atoms with Crippen LogP contribution in [0.5, 0.6) is 5.75 Å². The van der Waals surface area contributed by atoms with Crippen LogP contribution in [-0.4, -0.2) is 23.8 Å². The third kappa shape index (κ3) is 2.91. The van der Waals surface area contributed by atoms with E-state index in [4.69, 9.17) is 16.3 Å². The topological polar surface area (TPSA) is 37.7 Å². The number of hydrogen-bond acceptors (Lipinski definition) is 4. The number of ether oxygens (including phenoxy) is 1. The standard InChI is InChI=1S/C16H13ClF3N3O/c1-9-11(4-3-5-21-9)23-8-14(17)22-15-12(23)6-10(16(18,19)20)7-13(15)24-2/h3-7H,8H2,1-2H3. The van der Waals surface area contributed by atoms with Crippen LogP contribution in [0.3, 0.4) is 0 Å². The lowest BCUT2D eigenvalue weighted by atomic mass is 10.1. The summed E-state index contributed by atoms with van der Waals surface area (Å²) in [4.78, 5) is 10.0. The van der Waals surface area contributed by atoms with E-state index in [1.165, 1.54) is 7.11 Å². The molecule has 0 saturated carbocycles. The average molecular weight is 356 g/mol. The monoisotopic (exact) mass is 355 g/mol. The second kappa shape index (κ2) is 5.98. The van der Waals surface area contributed by atoms with Crippen LogP contribution < -0.4 is 9.64 Å². The molecule has 0 saturated heterocycles. The maximum absolute atomic E-state index is 13.2. The zero-order valence-corrected chi connectivity index (χ0v) is 13.6. The Morgan fingerprint density at radius 3 is 2.62 bits per heavy atom. The maximum Gasteiger partial charge on any atom is 0.416 e. The Labute approximate surface area is 141 Å². The van der Waals surface area contributed by atoms with Crippen molar-refractivity contribution in [1.29, 1.82) is 0 Å². The molecule has 24 heavy (non-hydrogen) atoms. The van der Waals surface area contributed by atoms with Gasteiger partial charge in [-0.3, -0.25) is 4.98 Å². The molecule has 0 radical (unpaired) electrons. The number of nitrogens with zero attached hydrogens (tertiary/aromatic N) is 3. The van der Waals surface area contributed by atoms with E-state index >= 15 is 0 Å². The van der Waals surface area contributed by atoms with Gasteiger partial charge < -0.3 is 9.64 Å². The molecule has 0 unspecified atom stereocenters. The number of rotatable bonds is 2. The lowest BCUT2D eigenvalue weighted by Gasteiger charge is -2.31. The molecule has 1 aromatic carbocycles. The van der Waals surface area contributed by atoms with Gasteiger partial charge in [0.2, 0.25) is 0 Å². The fourth-order valence-corrected chi connectivity index (χ4v) is 2.78. The first-order valence-electron chi connectivity index (χ1n) is 7.02. The molecule has 0 N–H and O–H groups in total. The van der Waals surface area contributed by atoms with Crippen LogP contribution in [-0.2, 0) is 6.18 Å². The number of halogens is 4. The van der Waals surface area contributed by atoms with Gasteiger partial charge in [-0.25, -0.2) is 4.99 Å². The van der Waals surface area contributed by atoms with E-state index in [9.17, 15) is 13.2 Å². The highest BCUT2D eigenvalue weighted by Gasteiger charge is 2.35. The van der Waals surface area contributed by atoms with Crippen molar-refractivity contribution in [2.75, 3.05) is 18.6 Å². The van der Waals surface area contributed by atoms with Gasteiger partial charge in [-0.15, -0.1) is 0 Å². The normalized spacial score (nSPS) is 14.2. The fourth-order valence-electron chi connectivity index (χ4n) is 2.58. The molecule has 0 bridgehead atoms. The molecule has 2 aromatic rings. The van der Waals surface area contributed by atoms with Gasteiger partial charge in [-0.1, -0.05) is 11.6 Å². The number of alkyl halides is 3. The second-order valence-electron chi connectivity index (χ2n) is 5.23. The van der Waals surface area contributed by atoms with Crippen molar-refractivity contribution >= 4 is 33.8 Å². The van der Waals surface area contributed by atoms with Crippen LogP contribution in [0.4, 0.5) is 30.2 Å². The summed E-state index contributed by atoms with van der Waals surface area (Å²) in [5.41, 5.74) is 1.07. The van der Waals surface area contributed by atoms with Gasteiger partial charge in [0.1, 0.15) is 16.6 Å². The zero-order valence-electron chi connectivity index (χ0n) is 12.9. The minimum absolute atomic E-state index is 0.0178. The third-order valence-electron chi connectivity index (χ3n) is 3.68. The van der Waals surface area contributed by atoms with E-state index in [-0.39, 0.29) is 28.8 Å². The van der Waals surface area contributed by atoms with Crippen LogP contribution >= 0.6 is 11.6 Å². The number of benzene rings is 1. The van der Waals surface area contributed by atoms with Crippen molar-refractivity contribution in [3.05, 3.63) is 41.7 Å². The first kappa shape index (κ1) is 16.6. The first-order valence-corrected chi connectivity index (χ1v) is 7.40. The highest BCUT2D eigenvalue weighted by Crippen LogP contribution is 2.47. The summed E-state index contributed by atoms with van der Waals surface area (Å²) < 4.78 is 44.7. The van der Waals surface area contributed by atoms with Crippen molar-refractivity contribution < 1.29 is 17.9 Å². The molecule has 0 fully saturated rings. The molecule has 126 valence electrons. The molecule has 3 rings (SSSR count). The summed E-state index contributed by atoms with van der Waals surface area (Å²) in [5.74, 6) is 0.0178. The highest BCUT2D eigenvalue weighted by atomic mass is 35.5. The van der Waals surface area contributed by atoms with Gasteiger partial charge in [-0.2, -0.15) is 13.2 Å². The molecule has 0 atom stereocenters. The Morgan fingerprint density at radius 1 is 1.25 bits per heavy atom. The number of pyridine rings is 1. The summed E-state index contributed by atoms with van der Waals surface area (Å²) in [6.07, 6.45) is -2.88. The van der Waals surface area contributed by atoms with Gasteiger partial charge in [-0.05, 0) is 31.2 Å². The third-order valence-corrected chi connectivity index (χ3v) is 3.89. The lowest BCUT2D eigenvalue weighted by molar-refractivity contribution is -0.137. The Morgan fingerprint density at radius 2 is 2.00 bits per heavy atom. The summed E-state index contributed by atoms with van der Waals surface area (Å²) >= 11 is 6.11. The molecule has 0 amide bonds. The molecule has 1 aliphatic rings. The predicted octanol–water partition coefficient (Wildman–Crippen LogP) is 4.84. The van der Waals surface area contributed by atoms with Crippen LogP contribution in [0, 0.1) is 6.92 Å². The van der Waals surface area contributed by atoms with Crippen molar-refractivity contribution in [3.63, 3.8) is 0 Å². The maximum atomic E-state index is 13.2. The van der Waals surface area contributed by atoms with E-state index in [0.717, 1.165) is 12.1 Å². The van der Waals surface area contributed by atoms with Crippen LogP contribution in [0.25, 0.3) is 0 Å². The van der Waals surface area contributed by atoms with Crippen molar-refractivity contribution in [2.45, 2.75) is 13.1 Å². The Hall–Kier alpha value is -2.28. The SMILES string of the molecule is COc1cc(C(F)(F)F)cc2c1N=C(Cl)CN2c1cccnc1C. The Bertz CT molecular complexity index is 821. The molecule has 4 nitrogen and oxygen atoms in total. The molecular weight excluding hydrogens is 343 g/mol.